The number of hydrogen-bond acceptors (Lipinski definition) is 3. The quantitative estimate of drug-likeness (QED) is 0.519. The Morgan fingerprint density at radius 2 is 1.91 bits per heavy atom. The molecule has 118 valence electrons. The summed E-state index contributed by atoms with van der Waals surface area (Å²) in [5, 5.41) is 9.16. The number of nitrogens with zero attached hydrogens (tertiary/aromatic N) is 1. The summed E-state index contributed by atoms with van der Waals surface area (Å²) in [7, 11) is 0. The minimum absolute atomic E-state index is 0.0951. The van der Waals surface area contributed by atoms with Crippen LogP contribution in [0.25, 0.3) is 6.08 Å². The van der Waals surface area contributed by atoms with Gasteiger partial charge in [0.2, 0.25) is 0 Å². The Morgan fingerprint density at radius 3 is 2.41 bits per heavy atom. The molecule has 1 atom stereocenters. The van der Waals surface area contributed by atoms with Crippen LogP contribution in [0.4, 0.5) is 0 Å². The Kier molecular flexibility index (Phi) is 7.39. The summed E-state index contributed by atoms with van der Waals surface area (Å²) < 4.78 is 5.65. The average Bonchev–Trinajstić information content (AvgIpc) is 2.52. The van der Waals surface area contributed by atoms with Crippen LogP contribution in [0.3, 0.4) is 0 Å². The Morgan fingerprint density at radius 1 is 1.27 bits per heavy atom. The highest BCUT2D eigenvalue weighted by molar-refractivity contribution is 6.04. The second-order valence-electron chi connectivity index (χ2n) is 5.94. The van der Waals surface area contributed by atoms with Crippen LogP contribution in [0.1, 0.15) is 46.1 Å². The minimum Gasteiger partial charge on any atom is -0.494 e. The van der Waals surface area contributed by atoms with Gasteiger partial charge in [0, 0.05) is 5.92 Å². The largest absolute Gasteiger partial charge is 0.494 e. The molecule has 0 bridgehead atoms. The molecule has 0 radical (unpaired) electrons. The third-order valence-electron chi connectivity index (χ3n) is 3.60. The van der Waals surface area contributed by atoms with Gasteiger partial charge in [-0.15, -0.1) is 0 Å². The van der Waals surface area contributed by atoms with Crippen LogP contribution in [0, 0.1) is 23.2 Å². The Labute approximate surface area is 133 Å². The van der Waals surface area contributed by atoms with E-state index in [1.165, 1.54) is 0 Å². The minimum atomic E-state index is -0.121. The molecule has 3 nitrogen and oxygen atoms in total. The van der Waals surface area contributed by atoms with Crippen LogP contribution >= 0.6 is 0 Å². The Hall–Kier alpha value is -2.08. The van der Waals surface area contributed by atoms with Gasteiger partial charge in [0.1, 0.15) is 11.8 Å². The van der Waals surface area contributed by atoms with Crippen molar-refractivity contribution < 1.29 is 9.53 Å². The summed E-state index contributed by atoms with van der Waals surface area (Å²) in [5.41, 5.74) is 1.05. The molecule has 3 heteroatoms. The normalized spacial score (nSPS) is 12.8. The third-order valence-corrected chi connectivity index (χ3v) is 3.60. The molecule has 0 aromatic heterocycles. The van der Waals surface area contributed by atoms with Crippen molar-refractivity contribution in [2.75, 3.05) is 6.61 Å². The number of ketones is 1. The van der Waals surface area contributed by atoms with Crippen molar-refractivity contribution in [1.29, 1.82) is 5.26 Å². The van der Waals surface area contributed by atoms with Gasteiger partial charge in [-0.25, -0.2) is 0 Å². The molecule has 0 unspecified atom stereocenters. The predicted octanol–water partition coefficient (Wildman–Crippen LogP) is 4.63. The van der Waals surface area contributed by atoms with Crippen molar-refractivity contribution in [2.24, 2.45) is 11.8 Å². The molecule has 0 saturated heterocycles. The van der Waals surface area contributed by atoms with E-state index in [0.717, 1.165) is 24.2 Å². The maximum absolute atomic E-state index is 12.1. The maximum Gasteiger partial charge on any atom is 0.176 e. The first kappa shape index (κ1) is 18.0. The fourth-order valence-electron chi connectivity index (χ4n) is 1.85. The zero-order valence-electron chi connectivity index (χ0n) is 13.9. The van der Waals surface area contributed by atoms with Gasteiger partial charge in [-0.2, -0.15) is 5.26 Å². The number of Topliss-reactive ketones (excluding diaryl/α,β-unsaturated/α-hetero) is 1. The second kappa shape index (κ2) is 9.04. The topological polar surface area (TPSA) is 50.1 Å². The number of carbonyl (C=O) groups excluding carboxylic acids is 1. The fourth-order valence-corrected chi connectivity index (χ4v) is 1.85. The Bertz CT molecular complexity index is 550. The van der Waals surface area contributed by atoms with E-state index in [1.807, 2.05) is 44.2 Å². The number of allylic oxidation sites excluding steroid dienone is 1. The summed E-state index contributed by atoms with van der Waals surface area (Å²) >= 11 is 0. The highest BCUT2D eigenvalue weighted by Gasteiger charge is 2.15. The average molecular weight is 299 g/mol. The maximum atomic E-state index is 12.1. The molecule has 0 spiro atoms. The van der Waals surface area contributed by atoms with E-state index in [9.17, 15) is 4.79 Å². The molecule has 1 aromatic rings. The van der Waals surface area contributed by atoms with Crippen LogP contribution in [-0.4, -0.2) is 12.4 Å². The number of nitriles is 1. The third kappa shape index (κ3) is 5.73. The van der Waals surface area contributed by atoms with Crippen molar-refractivity contribution in [3.63, 3.8) is 0 Å². The molecular weight excluding hydrogens is 274 g/mol. The standard InChI is InChI=1S/C19H25NO2/c1-5-15(4)19(21)17(13-20)12-16-6-8-18(9-7-16)22-11-10-14(2)3/h6-9,12,14-15H,5,10-11H2,1-4H3/b17-12-/t15-/m1/s1. The van der Waals surface area contributed by atoms with E-state index in [2.05, 4.69) is 13.8 Å². The molecule has 0 aliphatic carbocycles. The summed E-state index contributed by atoms with van der Waals surface area (Å²) in [4.78, 5) is 12.1. The highest BCUT2D eigenvalue weighted by Crippen LogP contribution is 2.17. The van der Waals surface area contributed by atoms with Crippen LogP contribution in [-0.2, 0) is 4.79 Å². The highest BCUT2D eigenvalue weighted by atomic mass is 16.5. The lowest BCUT2D eigenvalue weighted by molar-refractivity contribution is -0.118. The van der Waals surface area contributed by atoms with Crippen molar-refractivity contribution in [1.82, 2.24) is 0 Å². The van der Waals surface area contributed by atoms with Crippen LogP contribution in [0.5, 0.6) is 5.75 Å². The van der Waals surface area contributed by atoms with Crippen molar-refractivity contribution in [2.45, 2.75) is 40.5 Å². The van der Waals surface area contributed by atoms with Gasteiger partial charge in [0.15, 0.2) is 5.78 Å². The molecule has 0 amide bonds. The molecule has 22 heavy (non-hydrogen) atoms. The van der Waals surface area contributed by atoms with Gasteiger partial charge in [0.25, 0.3) is 0 Å². The monoisotopic (exact) mass is 299 g/mol. The summed E-state index contributed by atoms with van der Waals surface area (Å²) in [6.45, 7) is 8.81. The summed E-state index contributed by atoms with van der Waals surface area (Å²) in [6.07, 6.45) is 3.40. The fraction of sp³-hybridized carbons (Fsp3) is 0.474. The first-order valence-electron chi connectivity index (χ1n) is 7.86. The van der Waals surface area contributed by atoms with E-state index in [0.29, 0.717) is 12.5 Å². The molecule has 0 fully saturated rings. The van der Waals surface area contributed by atoms with E-state index < -0.39 is 0 Å². The van der Waals surface area contributed by atoms with Gasteiger partial charge in [-0.3, -0.25) is 4.79 Å². The van der Waals surface area contributed by atoms with Crippen LogP contribution < -0.4 is 4.74 Å². The molecule has 0 aliphatic rings. The van der Waals surface area contributed by atoms with E-state index in [1.54, 1.807) is 6.08 Å². The molecule has 0 saturated carbocycles. The molecule has 0 heterocycles. The Balaban J connectivity index is 2.75. The number of carbonyl (C=O) groups is 1. The lowest BCUT2D eigenvalue weighted by atomic mass is 9.96. The summed E-state index contributed by atoms with van der Waals surface area (Å²) in [5.74, 6) is 1.21. The molecule has 0 aliphatic heterocycles. The number of rotatable bonds is 8. The molecular formula is C19H25NO2. The lowest BCUT2D eigenvalue weighted by Crippen LogP contribution is -2.11. The molecule has 1 rings (SSSR count). The molecule has 0 N–H and O–H groups in total. The SMILES string of the molecule is CC[C@@H](C)C(=O)/C(C#N)=C\c1ccc(OCCC(C)C)cc1. The van der Waals surface area contributed by atoms with Crippen LogP contribution in [0.15, 0.2) is 29.8 Å². The van der Waals surface area contributed by atoms with Gasteiger partial charge in [-0.05, 0) is 42.5 Å². The van der Waals surface area contributed by atoms with Crippen LogP contribution in [0.2, 0.25) is 0 Å². The van der Waals surface area contributed by atoms with Gasteiger partial charge in [-0.1, -0.05) is 39.8 Å². The van der Waals surface area contributed by atoms with Gasteiger partial charge in [0.05, 0.1) is 12.2 Å². The number of ether oxygens (including phenoxy) is 1. The van der Waals surface area contributed by atoms with E-state index in [-0.39, 0.29) is 17.3 Å². The van der Waals surface area contributed by atoms with Crippen molar-refractivity contribution >= 4 is 11.9 Å². The van der Waals surface area contributed by atoms with E-state index >= 15 is 0 Å². The van der Waals surface area contributed by atoms with Gasteiger partial charge >= 0.3 is 0 Å². The number of hydrogen-bond donors (Lipinski definition) is 0. The molecule has 1 aromatic carbocycles. The first-order chi connectivity index (χ1) is 10.5. The first-order valence-corrected chi connectivity index (χ1v) is 7.86. The van der Waals surface area contributed by atoms with Crippen molar-refractivity contribution in [3.05, 3.63) is 35.4 Å². The van der Waals surface area contributed by atoms with E-state index in [4.69, 9.17) is 10.00 Å². The zero-order valence-corrected chi connectivity index (χ0v) is 13.9. The zero-order chi connectivity index (χ0) is 16.5. The smallest absolute Gasteiger partial charge is 0.176 e. The lowest BCUT2D eigenvalue weighted by Gasteiger charge is -2.08. The second-order valence-corrected chi connectivity index (χ2v) is 5.94. The predicted molar refractivity (Wildman–Crippen MR) is 89.4 cm³/mol. The summed E-state index contributed by atoms with van der Waals surface area (Å²) in [6, 6.07) is 9.48. The number of benzene rings is 1. The van der Waals surface area contributed by atoms with Gasteiger partial charge < -0.3 is 4.74 Å². The van der Waals surface area contributed by atoms with Crippen molar-refractivity contribution in [3.8, 4) is 11.8 Å².